The fourth-order valence-corrected chi connectivity index (χ4v) is 4.74. The molecule has 1 aromatic carbocycles. The van der Waals surface area contributed by atoms with Gasteiger partial charge in [-0.1, -0.05) is 11.2 Å². The molecule has 3 N–H and O–H groups in total. The number of aromatic hydroxyl groups is 1. The number of fused-ring (bicyclic) bond motifs is 3. The van der Waals surface area contributed by atoms with Crippen molar-refractivity contribution >= 4 is 27.5 Å². The maximum atomic E-state index is 12.5. The predicted molar refractivity (Wildman–Crippen MR) is 106 cm³/mol. The van der Waals surface area contributed by atoms with Crippen LogP contribution in [-0.4, -0.2) is 21.0 Å². The van der Waals surface area contributed by atoms with Gasteiger partial charge in [0.2, 0.25) is 5.82 Å². The van der Waals surface area contributed by atoms with Crippen molar-refractivity contribution in [3.05, 3.63) is 60.9 Å². The maximum Gasteiger partial charge on any atom is 0.287 e. The van der Waals surface area contributed by atoms with Crippen LogP contribution in [0.5, 0.6) is 5.75 Å². The summed E-state index contributed by atoms with van der Waals surface area (Å²) in [5.41, 5.74) is 1.86. The van der Waals surface area contributed by atoms with E-state index in [0.29, 0.717) is 21.3 Å². The number of thiophene rings is 1. The fraction of sp³-hybridized carbons (Fsp3) is 0.316. The van der Waals surface area contributed by atoms with Crippen molar-refractivity contribution in [2.45, 2.75) is 38.8 Å². The Labute approximate surface area is 163 Å². The molecule has 2 heterocycles. The van der Waals surface area contributed by atoms with Crippen molar-refractivity contribution in [3.8, 4) is 5.75 Å². The van der Waals surface area contributed by atoms with Gasteiger partial charge in [0, 0.05) is 17.0 Å². The van der Waals surface area contributed by atoms with Crippen LogP contribution in [0, 0.1) is 4.91 Å². The first-order valence-electron chi connectivity index (χ1n) is 8.95. The molecule has 1 aliphatic rings. The summed E-state index contributed by atoms with van der Waals surface area (Å²) in [7, 11) is 0. The Morgan fingerprint density at radius 2 is 2.25 bits per heavy atom. The minimum atomic E-state index is -0.697. The minimum absolute atomic E-state index is 0.0237. The Hall–Kier alpha value is -3.07. The molecule has 0 aliphatic heterocycles. The van der Waals surface area contributed by atoms with E-state index in [2.05, 4.69) is 20.5 Å². The Kier molecular flexibility index (Phi) is 4.68. The molecule has 0 saturated carbocycles. The molecule has 0 radical (unpaired) electrons. The largest absolute Gasteiger partial charge is 0.508 e. The molecule has 28 heavy (non-hydrogen) atoms. The summed E-state index contributed by atoms with van der Waals surface area (Å²) in [5, 5.41) is 16.1. The number of aromatic nitrogens is 2. The average molecular weight is 398 g/mol. The summed E-state index contributed by atoms with van der Waals surface area (Å²) in [6.45, 7) is 1.73. The number of carbonyl (C=O) groups excluding carboxylic acids is 1. The molecule has 0 saturated heterocycles. The van der Waals surface area contributed by atoms with Crippen molar-refractivity contribution in [2.75, 3.05) is 0 Å². The molecule has 1 atom stereocenters. The van der Waals surface area contributed by atoms with E-state index in [1.807, 2.05) is 0 Å². The van der Waals surface area contributed by atoms with E-state index in [1.165, 1.54) is 22.3 Å². The Morgan fingerprint density at radius 3 is 3.04 bits per heavy atom. The number of aryl methyl sites for hydroxylation is 2. The standard InChI is InChI=1S/C19H18N4O4S/c1-9(23-27)12-7-10(5-6-13(12)24)8-20-18(26)16-21-17(25)15-11-3-2-4-14(11)28-19(15)22-16/h5-7,9,24H,2-4,8H2,1H3,(H,20,26)(H,21,22,25). The molecule has 9 heteroatoms. The first-order valence-corrected chi connectivity index (χ1v) is 9.76. The predicted octanol–water partition coefficient (Wildman–Crippen LogP) is 2.94. The van der Waals surface area contributed by atoms with Crippen LogP contribution in [0.25, 0.3) is 10.2 Å². The molecule has 1 amide bonds. The fourth-order valence-electron chi connectivity index (χ4n) is 3.48. The van der Waals surface area contributed by atoms with Crippen molar-refractivity contribution < 1.29 is 9.90 Å². The third-order valence-electron chi connectivity index (χ3n) is 4.94. The highest BCUT2D eigenvalue weighted by Gasteiger charge is 2.22. The van der Waals surface area contributed by atoms with Gasteiger partial charge in [-0.05, 0) is 49.4 Å². The second kappa shape index (κ2) is 7.16. The molecular formula is C19H18N4O4S. The van der Waals surface area contributed by atoms with Crippen molar-refractivity contribution in [2.24, 2.45) is 5.18 Å². The van der Waals surface area contributed by atoms with Gasteiger partial charge in [-0.3, -0.25) is 9.59 Å². The van der Waals surface area contributed by atoms with E-state index in [4.69, 9.17) is 0 Å². The molecule has 0 fully saturated rings. The van der Waals surface area contributed by atoms with E-state index in [0.717, 1.165) is 24.8 Å². The first kappa shape index (κ1) is 18.3. The number of H-pyrrole nitrogens is 1. The number of nitrogens with one attached hydrogen (secondary N) is 2. The third-order valence-corrected chi connectivity index (χ3v) is 6.13. The monoisotopic (exact) mass is 398 g/mol. The smallest absolute Gasteiger partial charge is 0.287 e. The van der Waals surface area contributed by atoms with E-state index in [1.54, 1.807) is 19.1 Å². The lowest BCUT2D eigenvalue weighted by Crippen LogP contribution is -2.27. The van der Waals surface area contributed by atoms with Gasteiger partial charge in [0.1, 0.15) is 16.6 Å². The SMILES string of the molecule is CC(N=O)c1cc(CNC(=O)c2nc3sc4c(c3c(=O)[nH]2)CCC4)ccc1O. The lowest BCUT2D eigenvalue weighted by atomic mass is 10.0. The number of amides is 1. The average Bonchev–Trinajstić information content (AvgIpc) is 3.27. The highest BCUT2D eigenvalue weighted by Crippen LogP contribution is 2.34. The van der Waals surface area contributed by atoms with Crippen LogP contribution in [0.3, 0.4) is 0 Å². The van der Waals surface area contributed by atoms with Gasteiger partial charge in [-0.25, -0.2) is 4.98 Å². The van der Waals surface area contributed by atoms with E-state index >= 15 is 0 Å². The van der Waals surface area contributed by atoms with Gasteiger partial charge in [-0.15, -0.1) is 11.3 Å². The van der Waals surface area contributed by atoms with E-state index in [9.17, 15) is 19.6 Å². The number of phenolic OH excluding ortho intramolecular Hbond substituents is 1. The number of rotatable bonds is 5. The van der Waals surface area contributed by atoms with Gasteiger partial charge in [0.15, 0.2) is 0 Å². The lowest BCUT2D eigenvalue weighted by molar-refractivity contribution is 0.0940. The quantitative estimate of drug-likeness (QED) is 0.570. The Balaban J connectivity index is 1.55. The Bertz CT molecular complexity index is 1150. The van der Waals surface area contributed by atoms with Crippen molar-refractivity contribution in [3.63, 3.8) is 0 Å². The molecule has 1 aliphatic carbocycles. The number of phenols is 1. The summed E-state index contributed by atoms with van der Waals surface area (Å²) in [6.07, 6.45) is 2.88. The Morgan fingerprint density at radius 1 is 1.43 bits per heavy atom. The molecular weight excluding hydrogens is 380 g/mol. The van der Waals surface area contributed by atoms with Crippen LogP contribution in [0.1, 0.15) is 51.6 Å². The van der Waals surface area contributed by atoms with Crippen molar-refractivity contribution in [1.29, 1.82) is 0 Å². The minimum Gasteiger partial charge on any atom is -0.508 e. The van der Waals surface area contributed by atoms with Gasteiger partial charge < -0.3 is 15.4 Å². The molecule has 0 bridgehead atoms. The molecule has 144 valence electrons. The normalized spacial score (nSPS) is 14.0. The zero-order valence-corrected chi connectivity index (χ0v) is 15.9. The maximum absolute atomic E-state index is 12.5. The number of aromatic amines is 1. The molecule has 1 unspecified atom stereocenters. The number of hydrogen-bond acceptors (Lipinski definition) is 7. The number of hydrogen-bond donors (Lipinski definition) is 3. The van der Waals surface area contributed by atoms with Gasteiger partial charge in [0.25, 0.3) is 11.5 Å². The molecule has 8 nitrogen and oxygen atoms in total. The van der Waals surface area contributed by atoms with E-state index in [-0.39, 0.29) is 23.7 Å². The number of benzene rings is 1. The molecule has 0 spiro atoms. The van der Waals surface area contributed by atoms with Crippen molar-refractivity contribution in [1.82, 2.24) is 15.3 Å². The topological polar surface area (TPSA) is 125 Å². The van der Waals surface area contributed by atoms with Crippen LogP contribution < -0.4 is 10.9 Å². The van der Waals surface area contributed by atoms with E-state index < -0.39 is 11.9 Å². The summed E-state index contributed by atoms with van der Waals surface area (Å²) in [6, 6.07) is 4.01. The highest BCUT2D eigenvalue weighted by atomic mass is 32.1. The number of carbonyl (C=O) groups is 1. The summed E-state index contributed by atoms with van der Waals surface area (Å²) in [4.78, 5) is 44.4. The number of nitrogens with zero attached hydrogens (tertiary/aromatic N) is 2. The number of nitroso groups, excluding NO2 is 1. The third kappa shape index (κ3) is 3.18. The summed E-state index contributed by atoms with van der Waals surface area (Å²) in [5.74, 6) is -0.549. The molecule has 3 aromatic rings. The molecule has 4 rings (SSSR count). The van der Waals surface area contributed by atoms with Gasteiger partial charge in [0.05, 0.1) is 5.39 Å². The van der Waals surface area contributed by atoms with Gasteiger partial charge in [-0.2, -0.15) is 4.91 Å². The molecule has 2 aromatic heterocycles. The first-order chi connectivity index (χ1) is 13.5. The van der Waals surface area contributed by atoms with Crippen LogP contribution in [0.15, 0.2) is 28.2 Å². The highest BCUT2D eigenvalue weighted by molar-refractivity contribution is 7.18. The zero-order valence-electron chi connectivity index (χ0n) is 15.1. The zero-order chi connectivity index (χ0) is 19.8. The van der Waals surface area contributed by atoms with Crippen LogP contribution in [0.4, 0.5) is 0 Å². The second-order valence-corrected chi connectivity index (χ2v) is 7.89. The van der Waals surface area contributed by atoms with Crippen LogP contribution >= 0.6 is 11.3 Å². The second-order valence-electron chi connectivity index (χ2n) is 6.81. The van der Waals surface area contributed by atoms with Crippen LogP contribution in [-0.2, 0) is 19.4 Å². The lowest BCUT2D eigenvalue weighted by Gasteiger charge is -2.10. The summed E-state index contributed by atoms with van der Waals surface area (Å²) < 4.78 is 0. The summed E-state index contributed by atoms with van der Waals surface area (Å²) >= 11 is 1.48. The van der Waals surface area contributed by atoms with Gasteiger partial charge >= 0.3 is 0 Å². The van der Waals surface area contributed by atoms with Crippen LogP contribution in [0.2, 0.25) is 0 Å².